The molecule has 0 amide bonds. The lowest BCUT2D eigenvalue weighted by atomic mass is 9.91. The van der Waals surface area contributed by atoms with Gasteiger partial charge in [0.2, 0.25) is 0 Å². The molecule has 0 aliphatic rings. The number of nitro benzene ring substituents is 1. The van der Waals surface area contributed by atoms with Crippen LogP contribution in [-0.2, 0) is 12.5 Å². The summed E-state index contributed by atoms with van der Waals surface area (Å²) in [7, 11) is 4.45. The van der Waals surface area contributed by atoms with Crippen molar-refractivity contribution >= 4 is 22.9 Å². The number of methoxy groups -OCH3 is 2. The first-order chi connectivity index (χ1) is 12.1. The van der Waals surface area contributed by atoms with E-state index in [2.05, 4.69) is 15.3 Å². The lowest BCUT2D eigenvalue weighted by molar-refractivity contribution is -0.385. The SMILES string of the molecule is COc1cc([N+](=O)[O-])c(OC)cc1N=Nc1c(C(C)(C)C)nn(C)c1N. The van der Waals surface area contributed by atoms with Crippen molar-refractivity contribution in [2.24, 2.45) is 17.3 Å². The van der Waals surface area contributed by atoms with Crippen molar-refractivity contribution in [2.75, 3.05) is 20.0 Å². The highest BCUT2D eigenvalue weighted by atomic mass is 16.6. The summed E-state index contributed by atoms with van der Waals surface area (Å²) in [6.07, 6.45) is 0. The number of nitro groups is 1. The van der Waals surface area contributed by atoms with Crippen molar-refractivity contribution in [3.05, 3.63) is 27.9 Å². The van der Waals surface area contributed by atoms with Crippen LogP contribution in [0.5, 0.6) is 11.5 Å². The van der Waals surface area contributed by atoms with Crippen molar-refractivity contribution in [3.8, 4) is 11.5 Å². The van der Waals surface area contributed by atoms with E-state index in [0.717, 1.165) is 0 Å². The Morgan fingerprint density at radius 2 is 1.81 bits per heavy atom. The molecule has 0 aliphatic heterocycles. The highest BCUT2D eigenvalue weighted by Gasteiger charge is 2.26. The Labute approximate surface area is 150 Å². The summed E-state index contributed by atoms with van der Waals surface area (Å²) in [6, 6.07) is 2.63. The number of azo groups is 1. The molecule has 0 bridgehead atoms. The van der Waals surface area contributed by atoms with E-state index in [4.69, 9.17) is 15.2 Å². The minimum Gasteiger partial charge on any atom is -0.494 e. The van der Waals surface area contributed by atoms with E-state index in [9.17, 15) is 10.1 Å². The Morgan fingerprint density at radius 1 is 1.19 bits per heavy atom. The Bertz CT molecular complexity index is 867. The second-order valence-corrected chi connectivity index (χ2v) is 6.61. The van der Waals surface area contributed by atoms with Crippen LogP contribution in [0.15, 0.2) is 22.4 Å². The Morgan fingerprint density at radius 3 is 2.31 bits per heavy atom. The molecule has 0 unspecified atom stereocenters. The Hall–Kier alpha value is -3.17. The highest BCUT2D eigenvalue weighted by Crippen LogP contribution is 2.41. The van der Waals surface area contributed by atoms with Crippen molar-refractivity contribution in [1.29, 1.82) is 0 Å². The van der Waals surface area contributed by atoms with Crippen LogP contribution in [0.25, 0.3) is 0 Å². The molecular weight excluding hydrogens is 340 g/mol. The number of anilines is 1. The molecule has 26 heavy (non-hydrogen) atoms. The molecule has 2 N–H and O–H groups in total. The van der Waals surface area contributed by atoms with E-state index in [1.165, 1.54) is 31.0 Å². The van der Waals surface area contributed by atoms with Crippen molar-refractivity contribution in [1.82, 2.24) is 9.78 Å². The van der Waals surface area contributed by atoms with Crippen molar-refractivity contribution in [2.45, 2.75) is 26.2 Å². The van der Waals surface area contributed by atoms with Gasteiger partial charge in [0.1, 0.15) is 11.5 Å². The smallest absolute Gasteiger partial charge is 0.314 e. The number of aromatic nitrogens is 2. The van der Waals surface area contributed by atoms with Gasteiger partial charge >= 0.3 is 5.69 Å². The summed E-state index contributed by atoms with van der Waals surface area (Å²) < 4.78 is 11.8. The standard InChI is InChI=1S/C16H22N6O4/c1-16(2,3)14-13(15(17)21(4)20-14)19-18-9-7-12(26-6)10(22(23)24)8-11(9)25-5/h7-8H,17H2,1-6H3. The summed E-state index contributed by atoms with van der Waals surface area (Å²) >= 11 is 0. The summed E-state index contributed by atoms with van der Waals surface area (Å²) in [6.45, 7) is 5.97. The molecule has 2 rings (SSSR count). The molecule has 0 saturated heterocycles. The topological polar surface area (TPSA) is 130 Å². The molecule has 1 aromatic heterocycles. The van der Waals surface area contributed by atoms with E-state index < -0.39 is 4.92 Å². The minimum atomic E-state index is -0.556. The maximum absolute atomic E-state index is 11.1. The van der Waals surface area contributed by atoms with Crippen LogP contribution in [0.1, 0.15) is 26.5 Å². The number of hydrogen-bond donors (Lipinski definition) is 1. The van der Waals surface area contributed by atoms with E-state index in [1.54, 1.807) is 7.05 Å². The predicted molar refractivity (Wildman–Crippen MR) is 96.7 cm³/mol. The normalized spacial score (nSPS) is 11.8. The summed E-state index contributed by atoms with van der Waals surface area (Å²) in [5, 5.41) is 23.9. The van der Waals surface area contributed by atoms with Gasteiger partial charge in [-0.15, -0.1) is 10.2 Å². The molecule has 0 aliphatic carbocycles. The number of nitrogen functional groups attached to an aromatic ring is 1. The lowest BCUT2D eigenvalue weighted by Gasteiger charge is -2.15. The van der Waals surface area contributed by atoms with Gasteiger partial charge in [0.05, 0.1) is 30.9 Å². The second-order valence-electron chi connectivity index (χ2n) is 6.61. The third kappa shape index (κ3) is 3.58. The fourth-order valence-corrected chi connectivity index (χ4v) is 2.32. The molecule has 10 nitrogen and oxygen atoms in total. The largest absolute Gasteiger partial charge is 0.494 e. The maximum atomic E-state index is 11.1. The molecule has 140 valence electrons. The molecule has 0 spiro atoms. The Balaban J connectivity index is 2.57. The molecule has 0 atom stereocenters. The molecule has 0 radical (unpaired) electrons. The van der Waals surface area contributed by atoms with Gasteiger partial charge in [-0.25, -0.2) is 0 Å². The van der Waals surface area contributed by atoms with Gasteiger partial charge in [-0.3, -0.25) is 14.8 Å². The third-order valence-electron chi connectivity index (χ3n) is 3.71. The molecule has 0 saturated carbocycles. The van der Waals surface area contributed by atoms with Crippen LogP contribution >= 0.6 is 0 Å². The Kier molecular flexibility index (Phi) is 5.15. The molecule has 0 fully saturated rings. The number of benzene rings is 1. The summed E-state index contributed by atoms with van der Waals surface area (Å²) in [5.41, 5.74) is 6.95. The molecule has 10 heteroatoms. The van der Waals surface area contributed by atoms with Crippen LogP contribution in [-0.4, -0.2) is 28.9 Å². The fraction of sp³-hybridized carbons (Fsp3) is 0.438. The van der Waals surface area contributed by atoms with Gasteiger partial charge in [-0.2, -0.15) is 5.10 Å². The highest BCUT2D eigenvalue weighted by molar-refractivity contribution is 5.66. The average Bonchev–Trinajstić information content (AvgIpc) is 2.87. The molecule has 2 aromatic rings. The fourth-order valence-electron chi connectivity index (χ4n) is 2.32. The average molecular weight is 362 g/mol. The van der Waals surface area contributed by atoms with E-state index in [1.807, 2.05) is 20.8 Å². The van der Waals surface area contributed by atoms with Crippen molar-refractivity contribution < 1.29 is 14.4 Å². The summed E-state index contributed by atoms with van der Waals surface area (Å²) in [5.74, 6) is 0.618. The monoisotopic (exact) mass is 362 g/mol. The quantitative estimate of drug-likeness (QED) is 0.491. The first kappa shape index (κ1) is 19.2. The van der Waals surface area contributed by atoms with E-state index >= 15 is 0 Å². The van der Waals surface area contributed by atoms with Gasteiger partial charge < -0.3 is 15.2 Å². The van der Waals surface area contributed by atoms with Gasteiger partial charge in [0.15, 0.2) is 17.2 Å². The minimum absolute atomic E-state index is 0.0555. The number of nitrogens with zero attached hydrogens (tertiary/aromatic N) is 5. The molecule has 1 aromatic carbocycles. The second kappa shape index (κ2) is 6.98. The maximum Gasteiger partial charge on any atom is 0.314 e. The van der Waals surface area contributed by atoms with Gasteiger partial charge in [-0.05, 0) is 0 Å². The molecule has 1 heterocycles. The zero-order valence-corrected chi connectivity index (χ0v) is 15.6. The van der Waals surface area contributed by atoms with Gasteiger partial charge in [-0.1, -0.05) is 20.8 Å². The van der Waals surface area contributed by atoms with E-state index in [0.29, 0.717) is 17.2 Å². The van der Waals surface area contributed by atoms with Crippen LogP contribution in [0.3, 0.4) is 0 Å². The van der Waals surface area contributed by atoms with Crippen LogP contribution in [0, 0.1) is 10.1 Å². The zero-order chi connectivity index (χ0) is 19.6. The first-order valence-corrected chi connectivity index (χ1v) is 7.75. The van der Waals surface area contributed by atoms with Gasteiger partial charge in [0, 0.05) is 18.5 Å². The predicted octanol–water partition coefficient (Wildman–Crippen LogP) is 3.64. The number of ether oxygens (including phenoxy) is 2. The number of rotatable bonds is 5. The number of aryl methyl sites for hydroxylation is 1. The van der Waals surface area contributed by atoms with Crippen LogP contribution in [0.4, 0.5) is 22.9 Å². The zero-order valence-electron chi connectivity index (χ0n) is 15.6. The van der Waals surface area contributed by atoms with Crippen LogP contribution in [0.2, 0.25) is 0 Å². The lowest BCUT2D eigenvalue weighted by Crippen LogP contribution is -2.12. The molecular formula is C16H22N6O4. The number of nitrogens with two attached hydrogens (primary N) is 1. The van der Waals surface area contributed by atoms with Crippen LogP contribution < -0.4 is 15.2 Å². The third-order valence-corrected chi connectivity index (χ3v) is 3.71. The van der Waals surface area contributed by atoms with Gasteiger partial charge in [0.25, 0.3) is 0 Å². The van der Waals surface area contributed by atoms with Crippen molar-refractivity contribution in [3.63, 3.8) is 0 Å². The first-order valence-electron chi connectivity index (χ1n) is 7.75. The van der Waals surface area contributed by atoms with E-state index in [-0.39, 0.29) is 28.3 Å². The summed E-state index contributed by atoms with van der Waals surface area (Å²) in [4.78, 5) is 10.6. The number of hydrogen-bond acceptors (Lipinski definition) is 8.